The van der Waals surface area contributed by atoms with E-state index >= 15 is 0 Å². The standard InChI is InChI=1S/C18H18FIN2O/c1-12-9-13-5-4-8-22(18(13)14(19)10-12)11-17(23)21-16-7-3-2-6-15(16)20/h2-3,6-7,9-10H,4-5,8,11H2,1H3,(H,21,23). The summed E-state index contributed by atoms with van der Waals surface area (Å²) in [4.78, 5) is 14.2. The quantitative estimate of drug-likeness (QED) is 0.752. The molecule has 1 N–H and O–H groups in total. The van der Waals surface area contributed by atoms with Gasteiger partial charge in [0.1, 0.15) is 5.82 Å². The van der Waals surface area contributed by atoms with Crippen LogP contribution in [0.1, 0.15) is 17.5 Å². The van der Waals surface area contributed by atoms with Crippen LogP contribution in [0.25, 0.3) is 0 Å². The Kier molecular flexibility index (Phi) is 4.84. The predicted octanol–water partition coefficient (Wildman–Crippen LogP) is 4.13. The topological polar surface area (TPSA) is 32.3 Å². The number of nitrogens with one attached hydrogen (secondary N) is 1. The van der Waals surface area contributed by atoms with Crippen molar-refractivity contribution >= 4 is 39.9 Å². The Bertz CT molecular complexity index is 748. The molecule has 0 saturated carbocycles. The van der Waals surface area contributed by atoms with Crippen LogP contribution in [0, 0.1) is 16.3 Å². The van der Waals surface area contributed by atoms with E-state index in [1.54, 1.807) is 0 Å². The zero-order valence-electron chi connectivity index (χ0n) is 12.9. The first-order valence-corrected chi connectivity index (χ1v) is 8.71. The molecule has 0 radical (unpaired) electrons. The molecule has 5 heteroatoms. The molecular weight excluding hydrogens is 406 g/mol. The highest BCUT2D eigenvalue weighted by Crippen LogP contribution is 2.31. The number of fused-ring (bicyclic) bond motifs is 1. The lowest BCUT2D eigenvalue weighted by Crippen LogP contribution is -2.37. The van der Waals surface area contributed by atoms with E-state index in [0.29, 0.717) is 12.2 Å². The highest BCUT2D eigenvalue weighted by molar-refractivity contribution is 14.1. The van der Waals surface area contributed by atoms with Crippen molar-refractivity contribution < 1.29 is 9.18 Å². The number of carbonyl (C=O) groups is 1. The molecule has 2 aromatic rings. The molecule has 0 bridgehead atoms. The Morgan fingerprint density at radius 2 is 2.13 bits per heavy atom. The third kappa shape index (κ3) is 3.65. The molecule has 1 aliphatic heterocycles. The zero-order valence-corrected chi connectivity index (χ0v) is 15.1. The van der Waals surface area contributed by atoms with Gasteiger partial charge in [0, 0.05) is 10.1 Å². The average molecular weight is 424 g/mol. The van der Waals surface area contributed by atoms with Gasteiger partial charge in [0.05, 0.1) is 17.9 Å². The van der Waals surface area contributed by atoms with Gasteiger partial charge < -0.3 is 10.2 Å². The van der Waals surface area contributed by atoms with Crippen LogP contribution in [0.5, 0.6) is 0 Å². The number of para-hydroxylation sites is 1. The normalized spacial score (nSPS) is 13.6. The third-order valence-corrected chi connectivity index (χ3v) is 4.90. The van der Waals surface area contributed by atoms with Crippen LogP contribution in [0.3, 0.4) is 0 Å². The molecule has 0 fully saturated rings. The van der Waals surface area contributed by atoms with Crippen molar-refractivity contribution in [2.45, 2.75) is 19.8 Å². The van der Waals surface area contributed by atoms with E-state index in [1.807, 2.05) is 42.2 Å². The molecule has 120 valence electrons. The molecule has 0 unspecified atom stereocenters. The van der Waals surface area contributed by atoms with Crippen LogP contribution >= 0.6 is 22.6 Å². The predicted molar refractivity (Wildman–Crippen MR) is 99.5 cm³/mol. The van der Waals surface area contributed by atoms with Crippen LogP contribution < -0.4 is 10.2 Å². The summed E-state index contributed by atoms with van der Waals surface area (Å²) in [6, 6.07) is 11.2. The molecule has 0 atom stereocenters. The molecule has 1 heterocycles. The van der Waals surface area contributed by atoms with E-state index in [2.05, 4.69) is 27.9 Å². The molecule has 0 spiro atoms. The summed E-state index contributed by atoms with van der Waals surface area (Å²) in [5, 5.41) is 2.91. The van der Waals surface area contributed by atoms with Crippen molar-refractivity contribution in [2.24, 2.45) is 0 Å². The number of amides is 1. The van der Waals surface area contributed by atoms with Crippen molar-refractivity contribution in [3.05, 3.63) is 56.9 Å². The van der Waals surface area contributed by atoms with Crippen LogP contribution in [0.4, 0.5) is 15.8 Å². The fourth-order valence-corrected chi connectivity index (χ4v) is 3.53. The monoisotopic (exact) mass is 424 g/mol. The summed E-state index contributed by atoms with van der Waals surface area (Å²) < 4.78 is 15.3. The summed E-state index contributed by atoms with van der Waals surface area (Å²) in [6.45, 7) is 2.76. The van der Waals surface area contributed by atoms with Crippen LogP contribution in [-0.4, -0.2) is 19.0 Å². The molecule has 0 aromatic heterocycles. The lowest BCUT2D eigenvalue weighted by molar-refractivity contribution is -0.115. The highest BCUT2D eigenvalue weighted by Gasteiger charge is 2.23. The van der Waals surface area contributed by atoms with Crippen molar-refractivity contribution in [3.8, 4) is 0 Å². The van der Waals surface area contributed by atoms with Crippen LogP contribution in [-0.2, 0) is 11.2 Å². The first-order valence-electron chi connectivity index (χ1n) is 7.63. The lowest BCUT2D eigenvalue weighted by Gasteiger charge is -2.31. The number of rotatable bonds is 3. The number of carbonyl (C=O) groups excluding carboxylic acids is 1. The van der Waals surface area contributed by atoms with E-state index in [4.69, 9.17) is 0 Å². The summed E-state index contributed by atoms with van der Waals surface area (Å²) in [5.74, 6) is -0.358. The number of aryl methyl sites for hydroxylation is 2. The van der Waals surface area contributed by atoms with Gasteiger partial charge in [-0.1, -0.05) is 18.2 Å². The number of benzene rings is 2. The maximum atomic E-state index is 14.3. The van der Waals surface area contributed by atoms with E-state index in [-0.39, 0.29) is 18.3 Å². The second-order valence-electron chi connectivity index (χ2n) is 5.81. The second kappa shape index (κ2) is 6.86. The van der Waals surface area contributed by atoms with Gasteiger partial charge in [-0.3, -0.25) is 4.79 Å². The van der Waals surface area contributed by atoms with Gasteiger partial charge in [0.15, 0.2) is 0 Å². The van der Waals surface area contributed by atoms with E-state index in [1.165, 1.54) is 6.07 Å². The summed E-state index contributed by atoms with van der Waals surface area (Å²) in [7, 11) is 0. The van der Waals surface area contributed by atoms with Crippen molar-refractivity contribution in [1.82, 2.24) is 0 Å². The van der Waals surface area contributed by atoms with Crippen LogP contribution in [0.2, 0.25) is 0 Å². The Labute approximate surface area is 149 Å². The smallest absolute Gasteiger partial charge is 0.243 e. The second-order valence-corrected chi connectivity index (χ2v) is 6.97. The van der Waals surface area contributed by atoms with E-state index in [9.17, 15) is 9.18 Å². The Balaban J connectivity index is 1.77. The summed E-state index contributed by atoms with van der Waals surface area (Å²) in [6.07, 6.45) is 1.80. The maximum absolute atomic E-state index is 14.3. The first-order chi connectivity index (χ1) is 11.0. The molecular formula is C18H18FIN2O. The van der Waals surface area contributed by atoms with Gasteiger partial charge in [-0.05, 0) is 71.7 Å². The number of hydrogen-bond donors (Lipinski definition) is 1. The molecule has 1 aliphatic rings. The first kappa shape index (κ1) is 16.2. The molecule has 0 saturated heterocycles. The van der Waals surface area contributed by atoms with Gasteiger partial charge in [-0.15, -0.1) is 0 Å². The fraction of sp³-hybridized carbons (Fsp3) is 0.278. The van der Waals surface area contributed by atoms with Crippen molar-refractivity contribution in [3.63, 3.8) is 0 Å². The van der Waals surface area contributed by atoms with Crippen molar-refractivity contribution in [1.29, 1.82) is 0 Å². The molecule has 2 aromatic carbocycles. The minimum atomic E-state index is -0.234. The minimum absolute atomic E-state index is 0.123. The Morgan fingerprint density at radius 1 is 1.35 bits per heavy atom. The van der Waals surface area contributed by atoms with Gasteiger partial charge in [0.25, 0.3) is 0 Å². The van der Waals surface area contributed by atoms with E-state index in [0.717, 1.165) is 33.2 Å². The lowest BCUT2D eigenvalue weighted by atomic mass is 9.99. The highest BCUT2D eigenvalue weighted by atomic mass is 127. The number of hydrogen-bond acceptors (Lipinski definition) is 2. The third-order valence-electron chi connectivity index (χ3n) is 3.96. The number of anilines is 2. The summed E-state index contributed by atoms with van der Waals surface area (Å²) >= 11 is 2.19. The molecule has 23 heavy (non-hydrogen) atoms. The number of nitrogens with zero attached hydrogens (tertiary/aromatic N) is 1. The van der Waals surface area contributed by atoms with Crippen LogP contribution in [0.15, 0.2) is 36.4 Å². The SMILES string of the molecule is Cc1cc(F)c2c(c1)CCCN2CC(=O)Nc1ccccc1I. The molecule has 1 amide bonds. The van der Waals surface area contributed by atoms with E-state index < -0.39 is 0 Å². The molecule has 0 aliphatic carbocycles. The Morgan fingerprint density at radius 3 is 2.91 bits per heavy atom. The van der Waals surface area contributed by atoms with Gasteiger partial charge in [-0.25, -0.2) is 4.39 Å². The van der Waals surface area contributed by atoms with Gasteiger partial charge in [-0.2, -0.15) is 0 Å². The largest absolute Gasteiger partial charge is 0.360 e. The number of halogens is 2. The Hall–Kier alpha value is -1.63. The maximum Gasteiger partial charge on any atom is 0.243 e. The average Bonchev–Trinajstić information content (AvgIpc) is 2.49. The minimum Gasteiger partial charge on any atom is -0.360 e. The van der Waals surface area contributed by atoms with Gasteiger partial charge >= 0.3 is 0 Å². The zero-order chi connectivity index (χ0) is 16.4. The fourth-order valence-electron chi connectivity index (χ4n) is 3.01. The van der Waals surface area contributed by atoms with Gasteiger partial charge in [0.2, 0.25) is 5.91 Å². The summed E-state index contributed by atoms with van der Waals surface area (Å²) in [5.41, 5.74) is 3.29. The van der Waals surface area contributed by atoms with Crippen molar-refractivity contribution in [2.75, 3.05) is 23.3 Å². The molecule has 3 nitrogen and oxygen atoms in total. The molecule has 3 rings (SSSR count).